The second-order valence-electron chi connectivity index (χ2n) is 6.63. The fourth-order valence-corrected chi connectivity index (χ4v) is 3.23. The van der Waals surface area contributed by atoms with Crippen LogP contribution in [0.2, 0.25) is 0 Å². The fourth-order valence-electron chi connectivity index (χ4n) is 3.23. The van der Waals surface area contributed by atoms with Crippen LogP contribution < -0.4 is 5.73 Å². The number of carbonyl (C=O) groups is 1. The maximum absolute atomic E-state index is 11.0. The topological polar surface area (TPSA) is 52.3 Å². The van der Waals surface area contributed by atoms with Crippen molar-refractivity contribution in [1.29, 1.82) is 0 Å². The number of unbranched alkanes of at least 4 members (excludes halogenated alkanes) is 7. The molecule has 0 aromatic rings. The van der Waals surface area contributed by atoms with E-state index < -0.39 is 0 Å². The molecule has 0 bridgehead atoms. The number of hydrogen-bond donors (Lipinski definition) is 1. The number of methoxy groups -OCH3 is 1. The standard InChI is InChI=1S/C18H35NO2/c1-21-18(20)13-9-8-12-17-15-16(17)11-7-5-3-2-4-6-10-14-19/h16-17H,2-15,19H2,1H3. The molecule has 0 aromatic heterocycles. The van der Waals surface area contributed by atoms with Gasteiger partial charge in [-0.3, -0.25) is 4.79 Å². The van der Waals surface area contributed by atoms with Crippen LogP contribution in [0.5, 0.6) is 0 Å². The third-order valence-corrected chi connectivity index (χ3v) is 4.78. The van der Waals surface area contributed by atoms with E-state index in [1.54, 1.807) is 0 Å². The lowest BCUT2D eigenvalue weighted by atomic mass is 10.0. The Morgan fingerprint density at radius 2 is 1.43 bits per heavy atom. The summed E-state index contributed by atoms with van der Waals surface area (Å²) in [5.74, 6) is 1.90. The van der Waals surface area contributed by atoms with E-state index in [1.807, 2.05) is 0 Å². The molecule has 2 N–H and O–H groups in total. The summed E-state index contributed by atoms with van der Waals surface area (Å²) in [5, 5.41) is 0. The monoisotopic (exact) mass is 297 g/mol. The van der Waals surface area contributed by atoms with Gasteiger partial charge in [0.25, 0.3) is 0 Å². The predicted molar refractivity (Wildman–Crippen MR) is 88.1 cm³/mol. The van der Waals surface area contributed by atoms with Crippen LogP contribution in [0.1, 0.15) is 83.5 Å². The molecule has 0 spiro atoms. The molecule has 21 heavy (non-hydrogen) atoms. The first-order valence-corrected chi connectivity index (χ1v) is 9.04. The van der Waals surface area contributed by atoms with Gasteiger partial charge < -0.3 is 10.5 Å². The van der Waals surface area contributed by atoms with Crippen molar-refractivity contribution in [2.24, 2.45) is 17.6 Å². The Kier molecular flexibility index (Phi) is 10.6. The molecule has 1 aliphatic rings. The van der Waals surface area contributed by atoms with E-state index in [0.717, 1.165) is 24.8 Å². The summed E-state index contributed by atoms with van der Waals surface area (Å²) in [6.45, 7) is 0.850. The predicted octanol–water partition coefficient (Wildman–Crippen LogP) is 4.44. The second-order valence-corrected chi connectivity index (χ2v) is 6.63. The molecule has 0 aromatic carbocycles. The molecular weight excluding hydrogens is 262 g/mol. The van der Waals surface area contributed by atoms with Gasteiger partial charge in [0.05, 0.1) is 7.11 Å². The highest BCUT2D eigenvalue weighted by atomic mass is 16.5. The highest BCUT2D eigenvalue weighted by Crippen LogP contribution is 2.45. The smallest absolute Gasteiger partial charge is 0.305 e. The first-order chi connectivity index (χ1) is 10.3. The molecular formula is C18H35NO2. The summed E-state index contributed by atoms with van der Waals surface area (Å²) in [7, 11) is 1.47. The molecule has 0 amide bonds. The Balaban J connectivity index is 1.79. The number of ether oxygens (including phenoxy) is 1. The van der Waals surface area contributed by atoms with E-state index in [1.165, 1.54) is 77.7 Å². The zero-order valence-electron chi connectivity index (χ0n) is 13.9. The molecule has 0 aliphatic heterocycles. The average Bonchev–Trinajstić information content (AvgIpc) is 3.24. The molecule has 1 saturated carbocycles. The highest BCUT2D eigenvalue weighted by Gasteiger charge is 2.35. The van der Waals surface area contributed by atoms with Crippen LogP contribution in [0.15, 0.2) is 0 Å². The largest absolute Gasteiger partial charge is 0.469 e. The first-order valence-electron chi connectivity index (χ1n) is 9.04. The van der Waals surface area contributed by atoms with Crippen LogP contribution in [0, 0.1) is 11.8 Å². The summed E-state index contributed by atoms with van der Waals surface area (Å²) in [6.07, 6.45) is 16.5. The van der Waals surface area contributed by atoms with Crippen molar-refractivity contribution in [3.63, 3.8) is 0 Å². The molecule has 2 atom stereocenters. The summed E-state index contributed by atoms with van der Waals surface area (Å²) in [4.78, 5) is 11.0. The number of nitrogens with two attached hydrogens (primary N) is 1. The van der Waals surface area contributed by atoms with Crippen LogP contribution in [-0.2, 0) is 9.53 Å². The van der Waals surface area contributed by atoms with Crippen molar-refractivity contribution in [3.8, 4) is 0 Å². The highest BCUT2D eigenvalue weighted by molar-refractivity contribution is 5.68. The zero-order chi connectivity index (χ0) is 15.3. The summed E-state index contributed by atoms with van der Waals surface area (Å²) < 4.78 is 4.66. The summed E-state index contributed by atoms with van der Waals surface area (Å²) in [6, 6.07) is 0. The van der Waals surface area contributed by atoms with Crippen molar-refractivity contribution in [2.75, 3.05) is 13.7 Å². The average molecular weight is 297 g/mol. The van der Waals surface area contributed by atoms with Gasteiger partial charge in [0.15, 0.2) is 0 Å². The van der Waals surface area contributed by atoms with E-state index in [9.17, 15) is 4.79 Å². The number of rotatable bonds is 14. The minimum atomic E-state index is -0.0613. The van der Waals surface area contributed by atoms with Crippen molar-refractivity contribution < 1.29 is 9.53 Å². The minimum absolute atomic E-state index is 0.0613. The molecule has 0 heterocycles. The van der Waals surface area contributed by atoms with Gasteiger partial charge in [0, 0.05) is 6.42 Å². The maximum Gasteiger partial charge on any atom is 0.305 e. The van der Waals surface area contributed by atoms with Crippen molar-refractivity contribution >= 4 is 5.97 Å². The van der Waals surface area contributed by atoms with Gasteiger partial charge in [-0.2, -0.15) is 0 Å². The van der Waals surface area contributed by atoms with Gasteiger partial charge in [-0.1, -0.05) is 57.8 Å². The van der Waals surface area contributed by atoms with Gasteiger partial charge in [-0.15, -0.1) is 0 Å². The third kappa shape index (κ3) is 9.89. The number of carbonyl (C=O) groups excluding carboxylic acids is 1. The molecule has 1 fully saturated rings. The Labute approximate surface area is 131 Å². The van der Waals surface area contributed by atoms with E-state index in [2.05, 4.69) is 4.74 Å². The van der Waals surface area contributed by atoms with Crippen LogP contribution in [0.4, 0.5) is 0 Å². The van der Waals surface area contributed by atoms with Gasteiger partial charge in [-0.25, -0.2) is 0 Å². The van der Waals surface area contributed by atoms with Crippen LogP contribution in [-0.4, -0.2) is 19.6 Å². The Bertz CT molecular complexity index is 268. The summed E-state index contributed by atoms with van der Waals surface area (Å²) in [5.41, 5.74) is 5.49. The second kappa shape index (κ2) is 12.0. The molecule has 0 saturated heterocycles. The Morgan fingerprint density at radius 1 is 0.905 bits per heavy atom. The van der Waals surface area contributed by atoms with Crippen molar-refractivity contribution in [3.05, 3.63) is 0 Å². The quantitative estimate of drug-likeness (QED) is 0.381. The zero-order valence-corrected chi connectivity index (χ0v) is 13.9. The van der Waals surface area contributed by atoms with Crippen molar-refractivity contribution in [1.82, 2.24) is 0 Å². The van der Waals surface area contributed by atoms with E-state index in [0.29, 0.717) is 6.42 Å². The number of esters is 1. The fraction of sp³-hybridized carbons (Fsp3) is 0.944. The van der Waals surface area contributed by atoms with Crippen LogP contribution in [0.25, 0.3) is 0 Å². The van der Waals surface area contributed by atoms with E-state index in [-0.39, 0.29) is 5.97 Å². The summed E-state index contributed by atoms with van der Waals surface area (Å²) >= 11 is 0. The molecule has 1 aliphatic carbocycles. The van der Waals surface area contributed by atoms with Gasteiger partial charge >= 0.3 is 5.97 Å². The van der Waals surface area contributed by atoms with Crippen LogP contribution >= 0.6 is 0 Å². The Morgan fingerprint density at radius 3 is 2.00 bits per heavy atom. The molecule has 3 heteroatoms. The molecule has 3 nitrogen and oxygen atoms in total. The van der Waals surface area contributed by atoms with Crippen LogP contribution in [0.3, 0.4) is 0 Å². The van der Waals surface area contributed by atoms with Gasteiger partial charge in [0.2, 0.25) is 0 Å². The molecule has 0 radical (unpaired) electrons. The molecule has 124 valence electrons. The normalized spacial score (nSPS) is 20.5. The lowest BCUT2D eigenvalue weighted by Gasteiger charge is -2.02. The lowest BCUT2D eigenvalue weighted by molar-refractivity contribution is -0.140. The maximum atomic E-state index is 11.0. The minimum Gasteiger partial charge on any atom is -0.469 e. The Hall–Kier alpha value is -0.570. The SMILES string of the molecule is COC(=O)CCCCC1CC1CCCCCCCCCN. The van der Waals surface area contributed by atoms with Gasteiger partial charge in [-0.05, 0) is 37.6 Å². The molecule has 2 unspecified atom stereocenters. The number of hydrogen-bond acceptors (Lipinski definition) is 3. The van der Waals surface area contributed by atoms with Gasteiger partial charge in [0.1, 0.15) is 0 Å². The third-order valence-electron chi connectivity index (χ3n) is 4.78. The van der Waals surface area contributed by atoms with E-state index in [4.69, 9.17) is 5.73 Å². The molecule has 1 rings (SSSR count). The lowest BCUT2D eigenvalue weighted by Crippen LogP contribution is -1.99. The van der Waals surface area contributed by atoms with E-state index >= 15 is 0 Å². The first kappa shape index (κ1) is 18.5. The van der Waals surface area contributed by atoms with Crippen molar-refractivity contribution in [2.45, 2.75) is 83.5 Å².